The van der Waals surface area contributed by atoms with Crippen LogP contribution in [0.25, 0.3) is 0 Å². The first-order valence-electron chi connectivity index (χ1n) is 6.68. The summed E-state index contributed by atoms with van der Waals surface area (Å²) in [5.74, 6) is -0.694. The van der Waals surface area contributed by atoms with Crippen LogP contribution in [-0.2, 0) is 10.2 Å². The van der Waals surface area contributed by atoms with Gasteiger partial charge in [0.2, 0.25) is 0 Å². The van der Waals surface area contributed by atoms with Crippen molar-refractivity contribution in [1.29, 1.82) is 0 Å². The van der Waals surface area contributed by atoms with Crippen LogP contribution in [0.5, 0.6) is 0 Å². The molecule has 98 valence electrons. The van der Waals surface area contributed by atoms with Crippen molar-refractivity contribution in [2.45, 2.75) is 38.5 Å². The summed E-state index contributed by atoms with van der Waals surface area (Å²) in [6.07, 6.45) is 2.26. The summed E-state index contributed by atoms with van der Waals surface area (Å²) in [7, 11) is 0. The standard InChI is InChI=1S/C15H21NO2/c1-3-16(4-2)13-7-5-6-12(10-13)15(8-9-15)11-14(17)18/h5-7,10H,3-4,8-9,11H2,1-2H3,(H,17,18). The number of carboxylic acids is 1. The smallest absolute Gasteiger partial charge is 0.304 e. The Bertz CT molecular complexity index is 434. The third-order valence-electron chi connectivity index (χ3n) is 3.93. The number of carboxylic acid groups (broad SMARTS) is 1. The molecule has 0 spiro atoms. The highest BCUT2D eigenvalue weighted by Gasteiger charge is 2.46. The van der Waals surface area contributed by atoms with Crippen molar-refractivity contribution >= 4 is 11.7 Å². The van der Waals surface area contributed by atoms with Gasteiger partial charge in [0.1, 0.15) is 0 Å². The van der Waals surface area contributed by atoms with Crippen molar-refractivity contribution in [2.75, 3.05) is 18.0 Å². The molecule has 0 amide bonds. The van der Waals surface area contributed by atoms with E-state index >= 15 is 0 Å². The zero-order valence-electron chi connectivity index (χ0n) is 11.1. The van der Waals surface area contributed by atoms with E-state index in [2.05, 4.69) is 36.9 Å². The first-order chi connectivity index (χ1) is 8.61. The van der Waals surface area contributed by atoms with Gasteiger partial charge in [0.25, 0.3) is 0 Å². The predicted octanol–water partition coefficient (Wildman–Crippen LogP) is 3.04. The molecule has 1 aromatic carbocycles. The van der Waals surface area contributed by atoms with Crippen molar-refractivity contribution in [3.8, 4) is 0 Å². The number of aliphatic carboxylic acids is 1. The van der Waals surface area contributed by atoms with Gasteiger partial charge < -0.3 is 10.0 Å². The minimum Gasteiger partial charge on any atom is -0.481 e. The average Bonchev–Trinajstić information content (AvgIpc) is 3.11. The number of carbonyl (C=O) groups is 1. The maximum Gasteiger partial charge on any atom is 0.304 e. The largest absolute Gasteiger partial charge is 0.481 e. The van der Waals surface area contributed by atoms with Crippen LogP contribution in [0.15, 0.2) is 24.3 Å². The lowest BCUT2D eigenvalue weighted by atomic mass is 9.92. The Morgan fingerprint density at radius 2 is 2.00 bits per heavy atom. The third kappa shape index (κ3) is 2.50. The Labute approximate surface area is 108 Å². The summed E-state index contributed by atoms with van der Waals surface area (Å²) >= 11 is 0. The van der Waals surface area contributed by atoms with Crippen LogP contribution >= 0.6 is 0 Å². The van der Waals surface area contributed by atoms with Gasteiger partial charge in [-0.2, -0.15) is 0 Å². The molecule has 0 atom stereocenters. The predicted molar refractivity (Wildman–Crippen MR) is 73.2 cm³/mol. The lowest BCUT2D eigenvalue weighted by Gasteiger charge is -2.23. The number of hydrogen-bond acceptors (Lipinski definition) is 2. The fourth-order valence-electron chi connectivity index (χ4n) is 2.63. The van der Waals surface area contributed by atoms with Crippen LogP contribution in [0.3, 0.4) is 0 Å². The SMILES string of the molecule is CCN(CC)c1cccc(C2(CC(=O)O)CC2)c1. The number of anilines is 1. The van der Waals surface area contributed by atoms with Crippen molar-refractivity contribution < 1.29 is 9.90 Å². The van der Waals surface area contributed by atoms with Crippen LogP contribution in [0, 0.1) is 0 Å². The van der Waals surface area contributed by atoms with E-state index in [4.69, 9.17) is 5.11 Å². The minimum absolute atomic E-state index is 0.0883. The Balaban J connectivity index is 2.24. The molecule has 0 bridgehead atoms. The Morgan fingerprint density at radius 3 is 2.50 bits per heavy atom. The molecule has 1 aliphatic rings. The van der Waals surface area contributed by atoms with Crippen molar-refractivity contribution in [1.82, 2.24) is 0 Å². The normalized spacial score (nSPS) is 16.3. The molecule has 1 N–H and O–H groups in total. The monoisotopic (exact) mass is 247 g/mol. The van der Waals surface area contributed by atoms with Crippen molar-refractivity contribution in [3.63, 3.8) is 0 Å². The zero-order valence-corrected chi connectivity index (χ0v) is 11.1. The summed E-state index contributed by atoms with van der Waals surface area (Å²) in [5, 5.41) is 9.01. The van der Waals surface area contributed by atoms with Gasteiger partial charge in [-0.15, -0.1) is 0 Å². The molecule has 1 aromatic rings. The molecule has 3 heteroatoms. The molecule has 0 aromatic heterocycles. The molecule has 0 aliphatic heterocycles. The fourth-order valence-corrected chi connectivity index (χ4v) is 2.63. The molecule has 0 radical (unpaired) electrons. The second-order valence-electron chi connectivity index (χ2n) is 5.07. The molecule has 0 unspecified atom stereocenters. The second kappa shape index (κ2) is 5.01. The number of hydrogen-bond donors (Lipinski definition) is 1. The quantitative estimate of drug-likeness (QED) is 0.840. The molecule has 2 rings (SSSR count). The maximum atomic E-state index is 10.9. The molecule has 1 aliphatic carbocycles. The second-order valence-corrected chi connectivity index (χ2v) is 5.07. The number of rotatable bonds is 6. The fraction of sp³-hybridized carbons (Fsp3) is 0.533. The molecule has 1 saturated carbocycles. The van der Waals surface area contributed by atoms with Gasteiger partial charge in [0.15, 0.2) is 0 Å². The van der Waals surface area contributed by atoms with Crippen LogP contribution in [0.4, 0.5) is 5.69 Å². The van der Waals surface area contributed by atoms with E-state index in [1.54, 1.807) is 0 Å². The number of benzene rings is 1. The average molecular weight is 247 g/mol. The van der Waals surface area contributed by atoms with Gasteiger partial charge in [-0.3, -0.25) is 4.79 Å². The van der Waals surface area contributed by atoms with E-state index < -0.39 is 5.97 Å². The summed E-state index contributed by atoms with van der Waals surface area (Å²) in [6.45, 7) is 6.23. The summed E-state index contributed by atoms with van der Waals surface area (Å²) in [4.78, 5) is 13.2. The van der Waals surface area contributed by atoms with Gasteiger partial charge in [-0.25, -0.2) is 0 Å². The van der Waals surface area contributed by atoms with Gasteiger partial charge >= 0.3 is 5.97 Å². The summed E-state index contributed by atoms with van der Waals surface area (Å²) in [6, 6.07) is 8.39. The van der Waals surface area contributed by atoms with E-state index in [-0.39, 0.29) is 11.8 Å². The third-order valence-corrected chi connectivity index (χ3v) is 3.93. The zero-order chi connectivity index (χ0) is 13.2. The van der Waals surface area contributed by atoms with E-state index in [0.29, 0.717) is 0 Å². The van der Waals surface area contributed by atoms with E-state index in [1.165, 1.54) is 11.3 Å². The molecule has 18 heavy (non-hydrogen) atoms. The van der Waals surface area contributed by atoms with Gasteiger partial charge in [-0.1, -0.05) is 12.1 Å². The lowest BCUT2D eigenvalue weighted by molar-refractivity contribution is -0.137. The van der Waals surface area contributed by atoms with Crippen LogP contribution in [-0.4, -0.2) is 24.2 Å². The Morgan fingerprint density at radius 1 is 1.33 bits per heavy atom. The minimum atomic E-state index is -0.694. The summed E-state index contributed by atoms with van der Waals surface area (Å²) in [5.41, 5.74) is 2.30. The molecule has 3 nitrogen and oxygen atoms in total. The highest BCUT2D eigenvalue weighted by atomic mass is 16.4. The van der Waals surface area contributed by atoms with Crippen LogP contribution < -0.4 is 4.90 Å². The first-order valence-corrected chi connectivity index (χ1v) is 6.68. The highest BCUT2D eigenvalue weighted by molar-refractivity contribution is 5.70. The Kier molecular flexibility index (Phi) is 3.60. The van der Waals surface area contributed by atoms with Crippen molar-refractivity contribution in [2.24, 2.45) is 0 Å². The lowest BCUT2D eigenvalue weighted by Crippen LogP contribution is -2.22. The molecular formula is C15H21NO2. The highest BCUT2D eigenvalue weighted by Crippen LogP contribution is 2.51. The topological polar surface area (TPSA) is 40.5 Å². The van der Waals surface area contributed by atoms with E-state index in [1.807, 2.05) is 6.07 Å². The van der Waals surface area contributed by atoms with Gasteiger partial charge in [-0.05, 0) is 44.4 Å². The van der Waals surface area contributed by atoms with Gasteiger partial charge in [0.05, 0.1) is 6.42 Å². The van der Waals surface area contributed by atoms with E-state index in [0.717, 1.165) is 25.9 Å². The maximum absolute atomic E-state index is 10.9. The summed E-state index contributed by atoms with van der Waals surface area (Å²) < 4.78 is 0. The van der Waals surface area contributed by atoms with Crippen molar-refractivity contribution in [3.05, 3.63) is 29.8 Å². The Hall–Kier alpha value is -1.51. The molecular weight excluding hydrogens is 226 g/mol. The van der Waals surface area contributed by atoms with E-state index in [9.17, 15) is 4.79 Å². The molecule has 0 saturated heterocycles. The number of nitrogens with zero attached hydrogens (tertiary/aromatic N) is 1. The van der Waals surface area contributed by atoms with Crippen LogP contribution in [0.1, 0.15) is 38.7 Å². The molecule has 0 heterocycles. The first kappa shape index (κ1) is 12.9. The van der Waals surface area contributed by atoms with Crippen LogP contribution in [0.2, 0.25) is 0 Å². The van der Waals surface area contributed by atoms with Gasteiger partial charge in [0, 0.05) is 24.2 Å². The molecule has 1 fully saturated rings.